The van der Waals surface area contributed by atoms with Crippen molar-refractivity contribution in [3.63, 3.8) is 0 Å². The van der Waals surface area contributed by atoms with Gasteiger partial charge in [-0.25, -0.2) is 0 Å². The van der Waals surface area contributed by atoms with Gasteiger partial charge in [0.15, 0.2) is 0 Å². The summed E-state index contributed by atoms with van der Waals surface area (Å²) >= 11 is 0. The number of nitrogens with zero attached hydrogens (tertiary/aromatic N) is 1. The summed E-state index contributed by atoms with van der Waals surface area (Å²) < 4.78 is 0. The minimum atomic E-state index is 0.758. The minimum Gasteiger partial charge on any atom is -0.303 e. The highest BCUT2D eigenvalue weighted by molar-refractivity contribution is 5.48. The van der Waals surface area contributed by atoms with Crippen LogP contribution in [0.1, 0.15) is 64.2 Å². The fourth-order valence-corrected chi connectivity index (χ4v) is 2.45. The number of aldehydes is 1. The molecule has 0 spiro atoms. The summed E-state index contributed by atoms with van der Waals surface area (Å²) in [7, 11) is 0. The van der Waals surface area contributed by atoms with Gasteiger partial charge in [-0.2, -0.15) is 0 Å². The second kappa shape index (κ2) is 9.83. The average Bonchev–Trinajstić information content (AvgIpc) is 2.34. The van der Waals surface area contributed by atoms with Crippen LogP contribution in [0.15, 0.2) is 0 Å². The minimum absolute atomic E-state index is 0.758. The van der Waals surface area contributed by atoms with Crippen LogP contribution >= 0.6 is 0 Å². The molecule has 0 aromatic carbocycles. The van der Waals surface area contributed by atoms with Crippen LogP contribution in [0.4, 0.5) is 0 Å². The van der Waals surface area contributed by atoms with E-state index in [9.17, 15) is 4.79 Å². The molecule has 0 unspecified atom stereocenters. The van der Waals surface area contributed by atoms with Crippen molar-refractivity contribution < 1.29 is 4.79 Å². The lowest BCUT2D eigenvalue weighted by atomic mass is 10.1. The Morgan fingerprint density at radius 3 is 2.12 bits per heavy atom. The van der Waals surface area contributed by atoms with E-state index in [1.54, 1.807) is 0 Å². The molecule has 1 rings (SSSR count). The maximum Gasteiger partial charge on any atom is 0.119 e. The zero-order valence-electron chi connectivity index (χ0n) is 10.6. The van der Waals surface area contributed by atoms with Gasteiger partial charge in [-0.15, -0.1) is 0 Å². The molecule has 0 aromatic rings. The molecule has 2 heteroatoms. The number of piperidine rings is 1. The van der Waals surface area contributed by atoms with Crippen LogP contribution in [0.3, 0.4) is 0 Å². The molecule has 0 bridgehead atoms. The smallest absolute Gasteiger partial charge is 0.119 e. The molecule has 2 nitrogen and oxygen atoms in total. The molecule has 1 fully saturated rings. The van der Waals surface area contributed by atoms with Gasteiger partial charge >= 0.3 is 0 Å². The quantitative estimate of drug-likeness (QED) is 0.443. The summed E-state index contributed by atoms with van der Waals surface area (Å²) in [4.78, 5) is 12.7. The molecule has 1 aliphatic heterocycles. The van der Waals surface area contributed by atoms with E-state index < -0.39 is 0 Å². The number of rotatable bonds is 9. The van der Waals surface area contributed by atoms with Crippen molar-refractivity contribution in [1.29, 1.82) is 0 Å². The van der Waals surface area contributed by atoms with Crippen molar-refractivity contribution in [2.75, 3.05) is 19.6 Å². The Morgan fingerprint density at radius 2 is 1.44 bits per heavy atom. The number of likely N-dealkylation sites (tertiary alicyclic amines) is 1. The van der Waals surface area contributed by atoms with Crippen LogP contribution in [-0.2, 0) is 4.79 Å². The van der Waals surface area contributed by atoms with Gasteiger partial charge in [-0.3, -0.25) is 0 Å². The zero-order chi connectivity index (χ0) is 11.5. The Labute approximate surface area is 100 Å². The topological polar surface area (TPSA) is 20.3 Å². The molecule has 0 saturated carbocycles. The Balaban J connectivity index is 1.78. The molecule has 0 radical (unpaired) electrons. The molecule has 0 aliphatic carbocycles. The van der Waals surface area contributed by atoms with Gasteiger partial charge in [0.05, 0.1) is 0 Å². The fraction of sp³-hybridized carbons (Fsp3) is 0.929. The largest absolute Gasteiger partial charge is 0.303 e. The van der Waals surface area contributed by atoms with Crippen LogP contribution in [0, 0.1) is 0 Å². The first kappa shape index (κ1) is 13.7. The number of hydrogen-bond acceptors (Lipinski definition) is 2. The first-order chi connectivity index (χ1) is 7.93. The summed E-state index contributed by atoms with van der Waals surface area (Å²) in [6, 6.07) is 0. The normalized spacial score (nSPS) is 17.5. The molecule has 1 heterocycles. The van der Waals surface area contributed by atoms with Crippen molar-refractivity contribution >= 4 is 6.29 Å². The van der Waals surface area contributed by atoms with Gasteiger partial charge in [0.25, 0.3) is 0 Å². The van der Waals surface area contributed by atoms with Crippen LogP contribution in [0.5, 0.6) is 0 Å². The monoisotopic (exact) mass is 225 g/mol. The van der Waals surface area contributed by atoms with Crippen LogP contribution in [0.2, 0.25) is 0 Å². The third-order valence-electron chi connectivity index (χ3n) is 3.50. The van der Waals surface area contributed by atoms with E-state index in [4.69, 9.17) is 0 Å². The van der Waals surface area contributed by atoms with Gasteiger partial charge < -0.3 is 9.69 Å². The lowest BCUT2D eigenvalue weighted by molar-refractivity contribution is -0.107. The van der Waals surface area contributed by atoms with Crippen LogP contribution in [0.25, 0.3) is 0 Å². The highest BCUT2D eigenvalue weighted by Crippen LogP contribution is 2.11. The van der Waals surface area contributed by atoms with E-state index in [2.05, 4.69) is 4.90 Å². The van der Waals surface area contributed by atoms with Crippen molar-refractivity contribution in [2.24, 2.45) is 0 Å². The second-order valence-electron chi connectivity index (χ2n) is 4.98. The first-order valence-electron chi connectivity index (χ1n) is 7.09. The van der Waals surface area contributed by atoms with Crippen LogP contribution < -0.4 is 0 Å². The third-order valence-corrected chi connectivity index (χ3v) is 3.50. The van der Waals surface area contributed by atoms with E-state index in [0.29, 0.717) is 0 Å². The van der Waals surface area contributed by atoms with Gasteiger partial charge in [-0.1, -0.05) is 32.1 Å². The van der Waals surface area contributed by atoms with Gasteiger partial charge in [0.2, 0.25) is 0 Å². The number of hydrogen-bond donors (Lipinski definition) is 0. The molecule has 94 valence electrons. The lowest BCUT2D eigenvalue weighted by Crippen LogP contribution is -2.30. The number of carbonyl (C=O) groups excluding carboxylic acids is 1. The fourth-order valence-electron chi connectivity index (χ4n) is 2.45. The highest BCUT2D eigenvalue weighted by atomic mass is 16.1. The summed E-state index contributed by atoms with van der Waals surface area (Å²) in [5.74, 6) is 0. The predicted molar refractivity (Wildman–Crippen MR) is 68.7 cm³/mol. The Hall–Kier alpha value is -0.370. The van der Waals surface area contributed by atoms with Crippen molar-refractivity contribution in [1.82, 2.24) is 4.90 Å². The standard InChI is InChI=1S/C14H27NO/c16-14-10-5-3-1-2-4-7-11-15-12-8-6-9-13-15/h14H,1-13H2. The average molecular weight is 225 g/mol. The summed E-state index contributed by atoms with van der Waals surface area (Å²) in [5.41, 5.74) is 0. The number of unbranched alkanes of at least 4 members (excludes halogenated alkanes) is 6. The third kappa shape index (κ3) is 7.00. The number of carbonyl (C=O) groups is 1. The highest BCUT2D eigenvalue weighted by Gasteiger charge is 2.08. The predicted octanol–water partition coefficient (Wildman–Crippen LogP) is 3.40. The SMILES string of the molecule is O=CCCCCCCCCN1CCCCC1. The van der Waals surface area contributed by atoms with Gasteiger partial charge in [-0.05, 0) is 45.3 Å². The van der Waals surface area contributed by atoms with E-state index in [0.717, 1.165) is 19.1 Å². The molecule has 0 amide bonds. The molecule has 0 atom stereocenters. The lowest BCUT2D eigenvalue weighted by Gasteiger charge is -2.26. The molecule has 0 aromatic heterocycles. The van der Waals surface area contributed by atoms with E-state index in [-0.39, 0.29) is 0 Å². The summed E-state index contributed by atoms with van der Waals surface area (Å²) in [6.07, 6.45) is 13.8. The molecular formula is C14H27NO. The maximum absolute atomic E-state index is 10.1. The molecule has 1 aliphatic rings. The van der Waals surface area contributed by atoms with Gasteiger partial charge in [0.1, 0.15) is 6.29 Å². The molecule has 1 saturated heterocycles. The first-order valence-corrected chi connectivity index (χ1v) is 7.09. The Bertz CT molecular complexity index is 164. The zero-order valence-corrected chi connectivity index (χ0v) is 10.6. The van der Waals surface area contributed by atoms with E-state index >= 15 is 0 Å². The van der Waals surface area contributed by atoms with Crippen molar-refractivity contribution in [2.45, 2.75) is 64.2 Å². The summed E-state index contributed by atoms with van der Waals surface area (Å²) in [6.45, 7) is 3.98. The van der Waals surface area contributed by atoms with E-state index in [1.165, 1.54) is 71.0 Å². The molecular weight excluding hydrogens is 198 g/mol. The van der Waals surface area contributed by atoms with E-state index in [1.807, 2.05) is 0 Å². The van der Waals surface area contributed by atoms with Crippen LogP contribution in [-0.4, -0.2) is 30.8 Å². The van der Waals surface area contributed by atoms with Crippen molar-refractivity contribution in [3.05, 3.63) is 0 Å². The van der Waals surface area contributed by atoms with Crippen molar-refractivity contribution in [3.8, 4) is 0 Å². The maximum atomic E-state index is 10.1. The Morgan fingerprint density at radius 1 is 0.812 bits per heavy atom. The summed E-state index contributed by atoms with van der Waals surface area (Å²) in [5, 5.41) is 0. The second-order valence-corrected chi connectivity index (χ2v) is 4.98. The molecule has 0 N–H and O–H groups in total. The van der Waals surface area contributed by atoms with Gasteiger partial charge in [0, 0.05) is 6.42 Å². The molecule has 16 heavy (non-hydrogen) atoms. The Kier molecular flexibility index (Phi) is 8.41.